The molecule has 6 heteroatoms. The summed E-state index contributed by atoms with van der Waals surface area (Å²) >= 11 is 0. The molecule has 1 N–H and O–H groups in total. The van der Waals surface area contributed by atoms with Crippen LogP contribution in [0.4, 0.5) is 14.0 Å². The van der Waals surface area contributed by atoms with Crippen LogP contribution in [0.1, 0.15) is 27.2 Å². The number of nitrogens with zero attached hydrogens (tertiary/aromatic N) is 1. The Kier molecular flexibility index (Phi) is 3.72. The molecule has 1 aliphatic rings. The highest BCUT2D eigenvalue weighted by Crippen LogP contribution is 2.12. The molecule has 1 rings (SSSR count). The zero-order chi connectivity index (χ0) is 12.3. The zero-order valence-corrected chi connectivity index (χ0v) is 9.75. The lowest BCUT2D eigenvalue weighted by atomic mass is 10.2. The van der Waals surface area contributed by atoms with Gasteiger partial charge in [0.15, 0.2) is 0 Å². The van der Waals surface area contributed by atoms with E-state index in [0.717, 1.165) is 4.90 Å². The topological polar surface area (TPSA) is 58.6 Å². The highest BCUT2D eigenvalue weighted by Gasteiger charge is 2.28. The summed E-state index contributed by atoms with van der Waals surface area (Å²) in [6, 6.07) is -0.227. The average molecular weight is 232 g/mol. The van der Waals surface area contributed by atoms with Crippen molar-refractivity contribution in [1.29, 1.82) is 0 Å². The van der Waals surface area contributed by atoms with Gasteiger partial charge in [0.25, 0.3) is 0 Å². The molecule has 1 atom stereocenters. The van der Waals surface area contributed by atoms with Crippen molar-refractivity contribution >= 4 is 12.3 Å². The normalized spacial score (nSPS) is 20.8. The Balaban J connectivity index is 2.34. The first kappa shape index (κ1) is 12.7. The second-order valence-electron chi connectivity index (χ2n) is 4.83. The maximum Gasteiger partial charge on any atom is 0.407 e. The van der Waals surface area contributed by atoms with Gasteiger partial charge in [0, 0.05) is 13.1 Å². The number of nitrogens with one attached hydrogen (secondary N) is 1. The Morgan fingerprint density at radius 2 is 2.06 bits per heavy atom. The smallest absolute Gasteiger partial charge is 0.407 e. The maximum atomic E-state index is 12.3. The van der Waals surface area contributed by atoms with E-state index in [9.17, 15) is 14.0 Å². The van der Waals surface area contributed by atoms with Crippen LogP contribution < -0.4 is 5.32 Å². The summed E-state index contributed by atoms with van der Waals surface area (Å²) in [5, 5.41) is 2.60. The molecule has 5 nitrogen and oxygen atoms in total. The van der Waals surface area contributed by atoms with E-state index in [2.05, 4.69) is 5.32 Å². The SMILES string of the molecule is CC(C)(C)OC(=O)NC1CCN(C(=O)F)C1. The van der Waals surface area contributed by atoms with Crippen molar-refractivity contribution in [2.75, 3.05) is 13.1 Å². The Bertz CT molecular complexity index is 288. The van der Waals surface area contributed by atoms with Crippen LogP contribution in [0, 0.1) is 0 Å². The number of carbonyl (C=O) groups is 2. The summed E-state index contributed by atoms with van der Waals surface area (Å²) in [5.41, 5.74) is -0.557. The molecule has 0 radical (unpaired) electrons. The molecule has 1 unspecified atom stereocenters. The molecule has 1 saturated heterocycles. The Labute approximate surface area is 93.9 Å². The van der Waals surface area contributed by atoms with E-state index in [1.54, 1.807) is 20.8 Å². The fourth-order valence-electron chi connectivity index (χ4n) is 1.51. The summed E-state index contributed by atoms with van der Waals surface area (Å²) in [6.45, 7) is 5.82. The van der Waals surface area contributed by atoms with Crippen molar-refractivity contribution < 1.29 is 18.7 Å². The van der Waals surface area contributed by atoms with E-state index in [1.165, 1.54) is 0 Å². The fraction of sp³-hybridized carbons (Fsp3) is 0.800. The average Bonchev–Trinajstić information content (AvgIpc) is 2.48. The van der Waals surface area contributed by atoms with Gasteiger partial charge in [-0.05, 0) is 27.2 Å². The third-order valence-electron chi connectivity index (χ3n) is 2.16. The summed E-state index contributed by atoms with van der Waals surface area (Å²) in [5.74, 6) is 0. The van der Waals surface area contributed by atoms with E-state index in [-0.39, 0.29) is 12.6 Å². The lowest BCUT2D eigenvalue weighted by molar-refractivity contribution is 0.0505. The van der Waals surface area contributed by atoms with Gasteiger partial charge in [0.2, 0.25) is 0 Å². The molecule has 16 heavy (non-hydrogen) atoms. The lowest BCUT2D eigenvalue weighted by Crippen LogP contribution is -2.40. The molecule has 2 amide bonds. The van der Waals surface area contributed by atoms with Crippen LogP contribution in [0.2, 0.25) is 0 Å². The number of ether oxygens (including phenoxy) is 1. The third kappa shape index (κ3) is 4.04. The van der Waals surface area contributed by atoms with Crippen molar-refractivity contribution in [2.24, 2.45) is 0 Å². The quantitative estimate of drug-likeness (QED) is 0.552. The second-order valence-corrected chi connectivity index (χ2v) is 4.83. The van der Waals surface area contributed by atoms with Crippen LogP contribution >= 0.6 is 0 Å². The van der Waals surface area contributed by atoms with E-state index >= 15 is 0 Å². The van der Waals surface area contributed by atoms with Crippen LogP contribution in [-0.2, 0) is 4.74 Å². The summed E-state index contributed by atoms with van der Waals surface area (Å²) in [4.78, 5) is 22.8. The van der Waals surface area contributed by atoms with Gasteiger partial charge >= 0.3 is 12.3 Å². The molecule has 92 valence electrons. The van der Waals surface area contributed by atoms with Crippen molar-refractivity contribution in [1.82, 2.24) is 10.2 Å². The minimum Gasteiger partial charge on any atom is -0.444 e. The third-order valence-corrected chi connectivity index (χ3v) is 2.16. The number of likely N-dealkylation sites (tertiary alicyclic amines) is 1. The van der Waals surface area contributed by atoms with Gasteiger partial charge in [0.1, 0.15) is 5.60 Å². The predicted molar refractivity (Wildman–Crippen MR) is 55.9 cm³/mol. The maximum absolute atomic E-state index is 12.3. The summed E-state index contributed by atoms with van der Waals surface area (Å²) < 4.78 is 17.4. The van der Waals surface area contributed by atoms with E-state index < -0.39 is 17.9 Å². The standard InChI is InChI=1S/C10H17FN2O3/c1-10(2,3)16-9(15)12-7-4-5-13(6-7)8(11)14/h7H,4-6H2,1-3H3,(H,12,15). The van der Waals surface area contributed by atoms with Crippen LogP contribution in [0.25, 0.3) is 0 Å². The molecule has 0 aromatic heterocycles. The Hall–Kier alpha value is -1.33. The van der Waals surface area contributed by atoms with Gasteiger partial charge in [-0.1, -0.05) is 0 Å². The van der Waals surface area contributed by atoms with Crippen LogP contribution in [-0.4, -0.2) is 41.9 Å². The van der Waals surface area contributed by atoms with Crippen LogP contribution in [0.15, 0.2) is 0 Å². The lowest BCUT2D eigenvalue weighted by Gasteiger charge is -2.21. The molecule has 1 aliphatic heterocycles. The minimum atomic E-state index is -1.45. The van der Waals surface area contributed by atoms with E-state index in [4.69, 9.17) is 4.74 Å². The Morgan fingerprint density at radius 1 is 1.44 bits per heavy atom. The number of hydrogen-bond donors (Lipinski definition) is 1. The zero-order valence-electron chi connectivity index (χ0n) is 9.75. The fourth-order valence-corrected chi connectivity index (χ4v) is 1.51. The van der Waals surface area contributed by atoms with Gasteiger partial charge < -0.3 is 15.0 Å². The molecule has 0 aromatic rings. The highest BCUT2D eigenvalue weighted by atomic mass is 19.1. The molecular formula is C10H17FN2O3. The highest BCUT2D eigenvalue weighted by molar-refractivity contribution is 5.69. The summed E-state index contributed by atoms with van der Waals surface area (Å²) in [7, 11) is 0. The van der Waals surface area contributed by atoms with E-state index in [0.29, 0.717) is 13.0 Å². The van der Waals surface area contributed by atoms with Crippen molar-refractivity contribution in [2.45, 2.75) is 38.8 Å². The predicted octanol–water partition coefficient (Wildman–Crippen LogP) is 1.67. The number of hydrogen-bond acceptors (Lipinski definition) is 3. The number of alkyl carbamates (subject to hydrolysis) is 1. The van der Waals surface area contributed by atoms with Crippen molar-refractivity contribution in [3.8, 4) is 0 Å². The van der Waals surface area contributed by atoms with Crippen LogP contribution in [0.5, 0.6) is 0 Å². The second kappa shape index (κ2) is 4.67. The van der Waals surface area contributed by atoms with Gasteiger partial charge in [-0.3, -0.25) is 0 Å². The molecule has 0 aromatic carbocycles. The van der Waals surface area contributed by atoms with Gasteiger partial charge in [-0.15, -0.1) is 4.39 Å². The first-order valence-electron chi connectivity index (χ1n) is 5.22. The number of halogens is 1. The molecule has 0 aliphatic carbocycles. The van der Waals surface area contributed by atoms with Gasteiger partial charge in [-0.2, -0.15) is 0 Å². The molecule has 1 heterocycles. The largest absolute Gasteiger partial charge is 0.444 e. The first-order valence-corrected chi connectivity index (χ1v) is 5.22. The molecule has 0 spiro atoms. The number of amides is 2. The molecular weight excluding hydrogens is 215 g/mol. The Morgan fingerprint density at radius 3 is 2.50 bits per heavy atom. The number of rotatable bonds is 1. The van der Waals surface area contributed by atoms with Gasteiger partial charge in [-0.25, -0.2) is 9.59 Å². The molecule has 1 fully saturated rings. The van der Waals surface area contributed by atoms with Crippen molar-refractivity contribution in [3.63, 3.8) is 0 Å². The molecule has 0 saturated carbocycles. The summed E-state index contributed by atoms with van der Waals surface area (Å²) in [6.07, 6.45) is -1.44. The minimum absolute atomic E-state index is 0.203. The first-order chi connectivity index (χ1) is 7.28. The number of carbonyl (C=O) groups excluding carboxylic acids is 2. The van der Waals surface area contributed by atoms with Crippen LogP contribution in [0.3, 0.4) is 0 Å². The van der Waals surface area contributed by atoms with E-state index in [1.807, 2.05) is 0 Å². The van der Waals surface area contributed by atoms with Gasteiger partial charge in [0.05, 0.1) is 6.04 Å². The molecule has 0 bridgehead atoms. The monoisotopic (exact) mass is 232 g/mol. The van der Waals surface area contributed by atoms with Crippen molar-refractivity contribution in [3.05, 3.63) is 0 Å².